The minimum absolute atomic E-state index is 0.123. The zero-order valence-electron chi connectivity index (χ0n) is 17.3. The number of hydrogen-bond acceptors (Lipinski definition) is 4. The summed E-state index contributed by atoms with van der Waals surface area (Å²) in [6.07, 6.45) is 1.84. The number of carbonyl (C=O) groups is 1. The van der Waals surface area contributed by atoms with Crippen molar-refractivity contribution < 1.29 is 9.53 Å². The molecule has 1 aromatic heterocycles. The van der Waals surface area contributed by atoms with Crippen molar-refractivity contribution >= 4 is 27.6 Å². The molecule has 156 valence electrons. The molecule has 2 aliphatic heterocycles. The quantitative estimate of drug-likeness (QED) is 0.559. The number of carbonyl (C=O) groups excluding carboxylic acids is 1. The molecule has 0 aliphatic carbocycles. The van der Waals surface area contributed by atoms with Gasteiger partial charge in [-0.2, -0.15) is 5.10 Å². The molecule has 3 heterocycles. The van der Waals surface area contributed by atoms with Crippen molar-refractivity contribution in [1.29, 1.82) is 0 Å². The van der Waals surface area contributed by atoms with Gasteiger partial charge in [0.1, 0.15) is 0 Å². The molecule has 1 amide bonds. The number of nitrogens with one attached hydrogen (secondary N) is 1. The molecule has 0 bridgehead atoms. The second-order valence-electron chi connectivity index (χ2n) is 8.39. The smallest absolute Gasteiger partial charge is 0.254 e. The van der Waals surface area contributed by atoms with Crippen LogP contribution < -0.4 is 0 Å². The molecular formula is C25H24N4O2. The van der Waals surface area contributed by atoms with E-state index < -0.39 is 0 Å². The van der Waals surface area contributed by atoms with Crippen molar-refractivity contribution in [2.45, 2.75) is 6.04 Å². The molecule has 0 atom stereocenters. The van der Waals surface area contributed by atoms with E-state index in [1.54, 1.807) is 0 Å². The van der Waals surface area contributed by atoms with Crippen LogP contribution in [0.4, 0.5) is 0 Å². The summed E-state index contributed by atoms with van der Waals surface area (Å²) in [7, 11) is 0. The van der Waals surface area contributed by atoms with E-state index in [9.17, 15) is 4.79 Å². The maximum Gasteiger partial charge on any atom is 0.254 e. The predicted octanol–water partition coefficient (Wildman–Crippen LogP) is 3.54. The first-order valence-electron chi connectivity index (χ1n) is 10.8. The first-order valence-corrected chi connectivity index (χ1v) is 10.8. The maximum absolute atomic E-state index is 13.3. The topological polar surface area (TPSA) is 61.5 Å². The number of nitrogens with zero attached hydrogens (tertiary/aromatic N) is 3. The first kappa shape index (κ1) is 18.5. The lowest BCUT2D eigenvalue weighted by atomic mass is 9.94. The van der Waals surface area contributed by atoms with Crippen LogP contribution >= 0.6 is 0 Å². The zero-order chi connectivity index (χ0) is 20.8. The lowest BCUT2D eigenvalue weighted by molar-refractivity contribution is -0.0255. The van der Waals surface area contributed by atoms with Crippen molar-refractivity contribution in [2.75, 3.05) is 39.4 Å². The monoisotopic (exact) mass is 412 g/mol. The van der Waals surface area contributed by atoms with Crippen molar-refractivity contribution in [3.63, 3.8) is 0 Å². The van der Waals surface area contributed by atoms with Gasteiger partial charge < -0.3 is 9.64 Å². The molecule has 1 N–H and O–H groups in total. The van der Waals surface area contributed by atoms with Crippen LogP contribution in [0.1, 0.15) is 10.4 Å². The van der Waals surface area contributed by atoms with Gasteiger partial charge in [0, 0.05) is 43.2 Å². The van der Waals surface area contributed by atoms with Crippen LogP contribution in [0.3, 0.4) is 0 Å². The van der Waals surface area contributed by atoms with Crippen LogP contribution in [0.5, 0.6) is 0 Å². The predicted molar refractivity (Wildman–Crippen MR) is 121 cm³/mol. The van der Waals surface area contributed by atoms with E-state index in [1.807, 2.05) is 29.3 Å². The van der Waals surface area contributed by atoms with Gasteiger partial charge in [0.2, 0.25) is 0 Å². The van der Waals surface area contributed by atoms with Gasteiger partial charge in [-0.1, -0.05) is 36.4 Å². The van der Waals surface area contributed by atoms with Crippen molar-refractivity contribution in [3.8, 4) is 11.1 Å². The number of H-pyrrole nitrogens is 1. The SMILES string of the molecule is O=C(c1cccc2c(-c3ccc4[nH]ncc4c3)cccc12)N1CC(N2CCOCC2)C1. The molecule has 0 spiro atoms. The minimum atomic E-state index is 0.123. The first-order chi connectivity index (χ1) is 15.3. The second kappa shape index (κ2) is 7.48. The Kier molecular flexibility index (Phi) is 4.47. The fourth-order valence-corrected chi connectivity index (χ4v) is 4.82. The summed E-state index contributed by atoms with van der Waals surface area (Å²) in [6, 6.07) is 19.0. The Labute approximate surface area is 180 Å². The summed E-state index contributed by atoms with van der Waals surface area (Å²) < 4.78 is 5.45. The third-order valence-electron chi connectivity index (χ3n) is 6.62. The molecule has 4 aromatic rings. The van der Waals surface area contributed by atoms with E-state index in [0.717, 1.165) is 77.8 Å². The van der Waals surface area contributed by atoms with Crippen molar-refractivity contribution in [3.05, 3.63) is 66.4 Å². The van der Waals surface area contributed by atoms with Crippen LogP contribution in [0.15, 0.2) is 60.8 Å². The fraction of sp³-hybridized carbons (Fsp3) is 0.280. The molecule has 2 saturated heterocycles. The fourth-order valence-electron chi connectivity index (χ4n) is 4.82. The highest BCUT2D eigenvalue weighted by Gasteiger charge is 2.36. The van der Waals surface area contributed by atoms with Gasteiger partial charge in [-0.25, -0.2) is 0 Å². The molecule has 3 aromatic carbocycles. The number of fused-ring (bicyclic) bond motifs is 2. The molecule has 0 unspecified atom stereocenters. The Hall–Kier alpha value is -3.22. The molecular weight excluding hydrogens is 388 g/mol. The summed E-state index contributed by atoms with van der Waals surface area (Å²) in [5, 5.41) is 10.3. The van der Waals surface area contributed by atoms with Gasteiger partial charge in [-0.05, 0) is 40.1 Å². The highest BCUT2D eigenvalue weighted by molar-refractivity contribution is 6.11. The number of hydrogen-bond donors (Lipinski definition) is 1. The average molecular weight is 412 g/mol. The molecule has 31 heavy (non-hydrogen) atoms. The third kappa shape index (κ3) is 3.19. The third-order valence-corrected chi connectivity index (χ3v) is 6.62. The molecule has 6 heteroatoms. The molecule has 6 rings (SSSR count). The number of aromatic amines is 1. The number of amides is 1. The van der Waals surface area contributed by atoms with Crippen LogP contribution in [-0.4, -0.2) is 71.3 Å². The largest absolute Gasteiger partial charge is 0.379 e. The van der Waals surface area contributed by atoms with Gasteiger partial charge in [-0.15, -0.1) is 0 Å². The summed E-state index contributed by atoms with van der Waals surface area (Å²) in [4.78, 5) is 17.7. The molecule has 0 saturated carbocycles. The maximum atomic E-state index is 13.3. The summed E-state index contributed by atoms with van der Waals surface area (Å²) >= 11 is 0. The van der Waals surface area contributed by atoms with Crippen LogP contribution in [-0.2, 0) is 4.74 Å². The summed E-state index contributed by atoms with van der Waals surface area (Å²) in [5.41, 5.74) is 4.06. The molecule has 0 radical (unpaired) electrons. The normalized spacial score (nSPS) is 17.9. The van der Waals surface area contributed by atoms with Crippen LogP contribution in [0.2, 0.25) is 0 Å². The van der Waals surface area contributed by atoms with Gasteiger partial charge in [0.05, 0.1) is 24.9 Å². The van der Waals surface area contributed by atoms with Crippen molar-refractivity contribution in [2.24, 2.45) is 0 Å². The zero-order valence-corrected chi connectivity index (χ0v) is 17.3. The molecule has 2 aliphatic rings. The van der Waals surface area contributed by atoms with Gasteiger partial charge in [0.25, 0.3) is 5.91 Å². The second-order valence-corrected chi connectivity index (χ2v) is 8.39. The lowest BCUT2D eigenvalue weighted by Crippen LogP contribution is -2.62. The highest BCUT2D eigenvalue weighted by Crippen LogP contribution is 2.33. The Morgan fingerprint density at radius 2 is 1.81 bits per heavy atom. The highest BCUT2D eigenvalue weighted by atomic mass is 16.5. The number of morpholine rings is 1. The van der Waals surface area contributed by atoms with Gasteiger partial charge in [-0.3, -0.25) is 14.8 Å². The van der Waals surface area contributed by atoms with Crippen LogP contribution in [0.25, 0.3) is 32.8 Å². The Morgan fingerprint density at radius 1 is 1.00 bits per heavy atom. The standard InChI is InChI=1S/C25H24N4O2/c30-25(29-15-19(16-29)28-9-11-31-12-10-28)23-6-2-4-21-20(3-1-5-22(21)23)17-7-8-24-18(13-17)14-26-27-24/h1-8,13-14,19H,9-12,15-16H2,(H,26,27). The van der Waals surface area contributed by atoms with E-state index in [4.69, 9.17) is 4.74 Å². The van der Waals surface area contributed by atoms with E-state index in [2.05, 4.69) is 51.5 Å². The van der Waals surface area contributed by atoms with E-state index in [-0.39, 0.29) is 5.91 Å². The van der Waals surface area contributed by atoms with Gasteiger partial charge >= 0.3 is 0 Å². The van der Waals surface area contributed by atoms with E-state index >= 15 is 0 Å². The number of benzene rings is 3. The minimum Gasteiger partial charge on any atom is -0.379 e. The van der Waals surface area contributed by atoms with E-state index in [1.165, 1.54) is 0 Å². The van der Waals surface area contributed by atoms with E-state index in [0.29, 0.717) is 6.04 Å². The Balaban J connectivity index is 1.31. The average Bonchev–Trinajstić information content (AvgIpc) is 3.26. The molecule has 6 nitrogen and oxygen atoms in total. The summed E-state index contributed by atoms with van der Waals surface area (Å²) in [5.74, 6) is 0.123. The Morgan fingerprint density at radius 3 is 2.68 bits per heavy atom. The number of aromatic nitrogens is 2. The molecule has 2 fully saturated rings. The Bertz CT molecular complexity index is 1270. The van der Waals surface area contributed by atoms with Gasteiger partial charge in [0.15, 0.2) is 0 Å². The van der Waals surface area contributed by atoms with Crippen molar-refractivity contribution in [1.82, 2.24) is 20.0 Å². The van der Waals surface area contributed by atoms with Crippen LogP contribution in [0, 0.1) is 0 Å². The summed E-state index contributed by atoms with van der Waals surface area (Å²) in [6.45, 7) is 5.11. The number of likely N-dealkylation sites (tertiary alicyclic amines) is 1. The lowest BCUT2D eigenvalue weighted by Gasteiger charge is -2.46. The number of rotatable bonds is 3. The number of ether oxygens (including phenoxy) is 1.